The van der Waals surface area contributed by atoms with Crippen molar-refractivity contribution in [1.29, 1.82) is 0 Å². The zero-order chi connectivity index (χ0) is 42.4. The topological polar surface area (TPSA) is 178 Å². The number of rotatable bonds is 14. The molecule has 0 fully saturated rings. The van der Waals surface area contributed by atoms with Gasteiger partial charge in [0.15, 0.2) is 5.71 Å². The summed E-state index contributed by atoms with van der Waals surface area (Å²) in [6.07, 6.45) is 12.4. The molecule has 0 radical (unpaired) electrons. The Morgan fingerprint density at radius 1 is 0.831 bits per heavy atom. The second-order valence-electron chi connectivity index (χ2n) is 16.4. The first-order valence-electron chi connectivity index (χ1n) is 19.3. The second-order valence-corrected chi connectivity index (χ2v) is 21.6. The van der Waals surface area contributed by atoms with Crippen LogP contribution in [-0.4, -0.2) is 73.8 Å². The molecule has 1 atom stereocenters. The van der Waals surface area contributed by atoms with Gasteiger partial charge in [-0.05, 0) is 97.4 Å². The Kier molecular flexibility index (Phi) is 14.9. The van der Waals surface area contributed by atoms with Crippen LogP contribution in [0.5, 0.6) is 0 Å². The quantitative estimate of drug-likeness (QED) is 0.0843. The van der Waals surface area contributed by atoms with Crippen LogP contribution < -0.4 is 34.5 Å². The Labute approximate surface area is 381 Å². The maximum atomic E-state index is 12.0. The SMILES string of the molecule is CC1(C)C(/C=C/C2=C(Cl)C3=C(Cl)/C(=C/C=C4/N(CCCCS(=O)(=O)[O-])c5ccc(S(=O)(=O)[O-])cc5C4(C)C)CCC3CC2)=[N+](CCCCS(=O)(=O)[O-])c2cc[c-]cc21.[Na+]. The predicted molar refractivity (Wildman–Crippen MR) is 223 cm³/mol. The molecule has 2 aliphatic carbocycles. The van der Waals surface area contributed by atoms with E-state index in [1.165, 1.54) is 12.1 Å². The summed E-state index contributed by atoms with van der Waals surface area (Å²) in [4.78, 5) is 1.63. The van der Waals surface area contributed by atoms with Crippen LogP contribution in [0.2, 0.25) is 0 Å². The van der Waals surface area contributed by atoms with Crippen molar-refractivity contribution < 1.29 is 73.0 Å². The molecule has 2 aromatic carbocycles. The predicted octanol–water partition coefficient (Wildman–Crippen LogP) is 4.78. The zero-order valence-corrected chi connectivity index (χ0v) is 39.8. The molecular formula is C42H47Cl2N2NaO9S3-2. The van der Waals surface area contributed by atoms with Gasteiger partial charge in [0, 0.05) is 62.8 Å². The van der Waals surface area contributed by atoms with E-state index in [0.29, 0.717) is 53.7 Å². The number of fused-ring (bicyclic) bond motifs is 3. The zero-order valence-electron chi connectivity index (χ0n) is 33.9. The molecule has 11 nitrogen and oxygen atoms in total. The fraction of sp³-hybridized carbons (Fsp3) is 0.452. The van der Waals surface area contributed by atoms with Gasteiger partial charge in [-0.15, -0.1) is 6.07 Å². The number of allylic oxidation sites excluding steroid dienone is 10. The molecule has 0 saturated carbocycles. The van der Waals surface area contributed by atoms with Crippen LogP contribution in [-0.2, 0) is 41.2 Å². The third-order valence-electron chi connectivity index (χ3n) is 11.8. The number of anilines is 1. The minimum absolute atomic E-state index is 0. The van der Waals surface area contributed by atoms with E-state index in [1.807, 2.05) is 55.2 Å². The molecular weight excluding hydrogens is 867 g/mol. The maximum Gasteiger partial charge on any atom is 1.00 e. The van der Waals surface area contributed by atoms with Gasteiger partial charge in [0.2, 0.25) is 0 Å². The summed E-state index contributed by atoms with van der Waals surface area (Å²) in [5.74, 6) is -0.738. The van der Waals surface area contributed by atoms with Crippen LogP contribution in [0.4, 0.5) is 11.4 Å². The molecule has 314 valence electrons. The molecule has 0 N–H and O–H groups in total. The molecule has 0 aromatic heterocycles. The summed E-state index contributed by atoms with van der Waals surface area (Å²) >= 11 is 14.5. The molecule has 2 heterocycles. The molecule has 6 rings (SSSR count). The molecule has 0 saturated heterocycles. The number of unbranched alkanes of at least 4 members (excludes halogenated alkanes) is 2. The maximum absolute atomic E-state index is 12.0. The van der Waals surface area contributed by atoms with Gasteiger partial charge in [-0.3, -0.25) is 0 Å². The smallest absolute Gasteiger partial charge is 0.748 e. The summed E-state index contributed by atoms with van der Waals surface area (Å²) in [5.41, 5.74) is 6.79. The summed E-state index contributed by atoms with van der Waals surface area (Å²) in [6.45, 7) is 9.00. The Bertz CT molecular complexity index is 2540. The van der Waals surface area contributed by atoms with Crippen LogP contribution in [0, 0.1) is 12.0 Å². The van der Waals surface area contributed by atoms with Crippen molar-refractivity contribution in [1.82, 2.24) is 0 Å². The fourth-order valence-corrected chi connectivity index (χ4v) is 11.2. The first-order chi connectivity index (χ1) is 27.0. The van der Waals surface area contributed by atoms with E-state index in [4.69, 9.17) is 23.2 Å². The van der Waals surface area contributed by atoms with E-state index in [9.17, 15) is 38.9 Å². The van der Waals surface area contributed by atoms with Gasteiger partial charge in [-0.1, -0.05) is 68.6 Å². The van der Waals surface area contributed by atoms with Gasteiger partial charge >= 0.3 is 29.6 Å². The summed E-state index contributed by atoms with van der Waals surface area (Å²) < 4.78 is 106. The Balaban J connectivity index is 0.00000661. The van der Waals surface area contributed by atoms with Crippen LogP contribution in [0.25, 0.3) is 0 Å². The van der Waals surface area contributed by atoms with Crippen molar-refractivity contribution in [2.75, 3.05) is 29.5 Å². The van der Waals surface area contributed by atoms with E-state index in [0.717, 1.165) is 58.6 Å². The molecule has 4 aliphatic rings. The van der Waals surface area contributed by atoms with Crippen molar-refractivity contribution in [3.8, 4) is 0 Å². The third-order valence-corrected chi connectivity index (χ3v) is 15.1. The van der Waals surface area contributed by atoms with Crippen molar-refractivity contribution in [3.05, 3.63) is 110 Å². The van der Waals surface area contributed by atoms with Gasteiger partial charge in [-0.2, -0.15) is 18.2 Å². The minimum atomic E-state index is -4.72. The molecule has 17 heteroatoms. The standard InChI is InChI=1S/C42H50Cl2N2O9S3.Na/c1-41(2)32-11-5-6-12-34(32)45(23-7-9-25-56(47,48)49)36(41)21-17-29-15-13-28-14-16-30(40(44)38(28)39(29)43)18-22-37-42(3,4)33-27-31(58(53,54)55)19-20-35(33)46(37)24-8-10-26-57(50,51)52;/h6,11-12,17-22,27-28H,7-10,13-16,23-26H2,1-4H3,(H,47,48,49)(H,50,51,52)(H,53,54,55);/q;+1/p-3. The van der Waals surface area contributed by atoms with Gasteiger partial charge < -0.3 is 18.6 Å². The minimum Gasteiger partial charge on any atom is -0.748 e. The second kappa shape index (κ2) is 18.3. The molecule has 0 amide bonds. The van der Waals surface area contributed by atoms with Gasteiger partial charge in [-0.25, -0.2) is 29.8 Å². The van der Waals surface area contributed by atoms with Crippen LogP contribution in [0.3, 0.4) is 0 Å². The van der Waals surface area contributed by atoms with E-state index >= 15 is 0 Å². The Hall–Kier alpha value is -2.08. The fourth-order valence-electron chi connectivity index (χ4n) is 8.74. The first-order valence-corrected chi connectivity index (χ1v) is 24.6. The Morgan fingerprint density at radius 3 is 2.15 bits per heavy atom. The number of hydrogen-bond donors (Lipinski definition) is 0. The normalized spacial score (nSPS) is 21.7. The van der Waals surface area contributed by atoms with Crippen LogP contribution >= 0.6 is 23.2 Å². The van der Waals surface area contributed by atoms with Crippen molar-refractivity contribution >= 4 is 70.6 Å². The largest absolute Gasteiger partial charge is 1.00 e. The molecule has 2 aliphatic heterocycles. The molecule has 2 aromatic rings. The summed E-state index contributed by atoms with van der Waals surface area (Å²) in [7, 11) is -13.4. The third kappa shape index (κ3) is 10.6. The van der Waals surface area contributed by atoms with Gasteiger partial charge in [0.25, 0.3) is 0 Å². The summed E-state index contributed by atoms with van der Waals surface area (Å²) in [5, 5.41) is 1.16. The average molecular weight is 914 g/mol. The van der Waals surface area contributed by atoms with Crippen molar-refractivity contribution in [3.63, 3.8) is 0 Å². The van der Waals surface area contributed by atoms with E-state index in [1.54, 1.807) is 6.07 Å². The van der Waals surface area contributed by atoms with Gasteiger partial charge in [0.05, 0.1) is 25.1 Å². The molecule has 1 unspecified atom stereocenters. The summed E-state index contributed by atoms with van der Waals surface area (Å²) in [6, 6.07) is 13.3. The number of halogens is 2. The monoisotopic (exact) mass is 912 g/mol. The van der Waals surface area contributed by atoms with Crippen LogP contribution in [0.1, 0.15) is 90.2 Å². The van der Waals surface area contributed by atoms with Gasteiger partial charge in [0.1, 0.15) is 22.4 Å². The van der Waals surface area contributed by atoms with Crippen LogP contribution in [0.15, 0.2) is 98.1 Å². The number of hydrogen-bond acceptors (Lipinski definition) is 10. The Morgan fingerprint density at radius 2 is 1.49 bits per heavy atom. The molecule has 0 bridgehead atoms. The van der Waals surface area contributed by atoms with Crippen molar-refractivity contribution in [2.45, 2.75) is 94.8 Å². The van der Waals surface area contributed by atoms with E-state index in [2.05, 4.69) is 30.6 Å². The first kappa shape index (κ1) is 48.0. The average Bonchev–Trinajstić information content (AvgIpc) is 3.47. The van der Waals surface area contributed by atoms with E-state index < -0.39 is 47.3 Å². The number of nitrogens with zero attached hydrogens (tertiary/aromatic N) is 2. The molecule has 59 heavy (non-hydrogen) atoms. The number of benzene rings is 2. The molecule has 0 spiro atoms. The van der Waals surface area contributed by atoms with Crippen molar-refractivity contribution in [2.24, 2.45) is 5.92 Å². The van der Waals surface area contributed by atoms with E-state index in [-0.39, 0.29) is 58.6 Å².